The van der Waals surface area contributed by atoms with Gasteiger partial charge >= 0.3 is 0 Å². The Morgan fingerprint density at radius 3 is 2.59 bits per heavy atom. The Bertz CT molecular complexity index is 351. The first kappa shape index (κ1) is 14.2. The third-order valence-electron chi connectivity index (χ3n) is 4.56. The van der Waals surface area contributed by atoms with Crippen LogP contribution in [0.1, 0.15) is 53.9 Å². The highest BCUT2D eigenvalue weighted by atomic mass is 16.1. The van der Waals surface area contributed by atoms with E-state index in [1.54, 1.807) is 6.92 Å². The van der Waals surface area contributed by atoms with Crippen molar-refractivity contribution in [3.63, 3.8) is 0 Å². The summed E-state index contributed by atoms with van der Waals surface area (Å²) in [5, 5.41) is 0. The Hall–Kier alpha value is -0.850. The SMILES string of the molecule is C=C(C)CCC1CC(C)(C(C)=O)C(C)C=C1C. The van der Waals surface area contributed by atoms with Crippen molar-refractivity contribution in [2.75, 3.05) is 0 Å². The molecule has 0 heterocycles. The van der Waals surface area contributed by atoms with E-state index in [9.17, 15) is 4.79 Å². The Morgan fingerprint density at radius 2 is 2.12 bits per heavy atom. The number of carbonyl (C=O) groups excluding carboxylic acids is 1. The molecular weight excluding hydrogens is 208 g/mol. The van der Waals surface area contributed by atoms with Gasteiger partial charge in [-0.25, -0.2) is 0 Å². The molecule has 0 fully saturated rings. The number of hydrogen-bond acceptors (Lipinski definition) is 1. The molecule has 96 valence electrons. The van der Waals surface area contributed by atoms with E-state index in [2.05, 4.69) is 40.3 Å². The summed E-state index contributed by atoms with van der Waals surface area (Å²) < 4.78 is 0. The summed E-state index contributed by atoms with van der Waals surface area (Å²) in [5.74, 6) is 1.24. The van der Waals surface area contributed by atoms with Gasteiger partial charge in [0.1, 0.15) is 5.78 Å². The van der Waals surface area contributed by atoms with Gasteiger partial charge in [0.25, 0.3) is 0 Å². The van der Waals surface area contributed by atoms with E-state index in [4.69, 9.17) is 0 Å². The Labute approximate surface area is 106 Å². The van der Waals surface area contributed by atoms with Crippen molar-refractivity contribution < 1.29 is 4.79 Å². The van der Waals surface area contributed by atoms with Gasteiger partial charge in [0.2, 0.25) is 0 Å². The number of hydrogen-bond donors (Lipinski definition) is 0. The molecule has 1 rings (SSSR count). The topological polar surface area (TPSA) is 17.1 Å². The minimum atomic E-state index is -0.167. The predicted octanol–water partition coefficient (Wildman–Crippen LogP) is 4.54. The molecule has 0 spiro atoms. The third-order valence-corrected chi connectivity index (χ3v) is 4.56. The molecule has 0 aromatic carbocycles. The molecule has 0 N–H and O–H groups in total. The lowest BCUT2D eigenvalue weighted by molar-refractivity contribution is -0.128. The van der Waals surface area contributed by atoms with Crippen molar-refractivity contribution in [3.05, 3.63) is 23.8 Å². The zero-order valence-electron chi connectivity index (χ0n) is 12.0. The standard InChI is InChI=1S/C16H26O/c1-11(2)7-8-15-10-16(6,14(5)17)13(4)9-12(15)3/h9,13,15H,1,7-8,10H2,2-6H3. The largest absolute Gasteiger partial charge is 0.299 e. The van der Waals surface area contributed by atoms with E-state index in [-0.39, 0.29) is 5.41 Å². The van der Waals surface area contributed by atoms with Gasteiger partial charge in [-0.1, -0.05) is 31.1 Å². The Balaban J connectivity index is 2.85. The molecular formula is C16H26O. The van der Waals surface area contributed by atoms with Crippen molar-refractivity contribution in [2.24, 2.45) is 17.3 Å². The minimum Gasteiger partial charge on any atom is -0.299 e. The van der Waals surface area contributed by atoms with Crippen molar-refractivity contribution in [3.8, 4) is 0 Å². The third kappa shape index (κ3) is 3.08. The maximum atomic E-state index is 11.9. The number of rotatable bonds is 4. The average molecular weight is 234 g/mol. The molecule has 0 bridgehead atoms. The predicted molar refractivity (Wildman–Crippen MR) is 73.9 cm³/mol. The van der Waals surface area contributed by atoms with Gasteiger partial charge in [-0.2, -0.15) is 0 Å². The number of allylic oxidation sites excluding steroid dienone is 3. The number of carbonyl (C=O) groups is 1. The quantitative estimate of drug-likeness (QED) is 0.653. The molecule has 3 unspecified atom stereocenters. The lowest BCUT2D eigenvalue weighted by atomic mass is 9.63. The molecule has 3 atom stereocenters. The van der Waals surface area contributed by atoms with E-state index < -0.39 is 0 Å². The molecule has 17 heavy (non-hydrogen) atoms. The average Bonchev–Trinajstić information content (AvgIpc) is 2.21. The van der Waals surface area contributed by atoms with Crippen LogP contribution in [0.4, 0.5) is 0 Å². The van der Waals surface area contributed by atoms with E-state index in [0.29, 0.717) is 17.6 Å². The summed E-state index contributed by atoms with van der Waals surface area (Å²) in [7, 11) is 0. The highest BCUT2D eigenvalue weighted by Gasteiger charge is 2.40. The van der Waals surface area contributed by atoms with E-state index in [1.807, 2.05) is 0 Å². The molecule has 0 saturated heterocycles. The molecule has 1 nitrogen and oxygen atoms in total. The lowest BCUT2D eigenvalue weighted by Gasteiger charge is -2.40. The van der Waals surface area contributed by atoms with Gasteiger partial charge in [-0.05, 0) is 51.9 Å². The van der Waals surface area contributed by atoms with Crippen molar-refractivity contribution in [1.82, 2.24) is 0 Å². The van der Waals surface area contributed by atoms with Gasteiger partial charge in [0, 0.05) is 5.41 Å². The fourth-order valence-corrected chi connectivity index (χ4v) is 2.79. The molecule has 1 aliphatic carbocycles. The smallest absolute Gasteiger partial charge is 0.136 e. The van der Waals surface area contributed by atoms with E-state index >= 15 is 0 Å². The molecule has 0 amide bonds. The normalized spacial score (nSPS) is 33.1. The van der Waals surface area contributed by atoms with Crippen LogP contribution in [0.15, 0.2) is 23.8 Å². The summed E-state index contributed by atoms with van der Waals surface area (Å²) in [5.41, 5.74) is 2.53. The van der Waals surface area contributed by atoms with Crippen LogP contribution in [0.25, 0.3) is 0 Å². The Kier molecular flexibility index (Phi) is 4.35. The second-order valence-electron chi connectivity index (χ2n) is 6.07. The van der Waals surface area contributed by atoms with Crippen LogP contribution >= 0.6 is 0 Å². The van der Waals surface area contributed by atoms with Crippen molar-refractivity contribution in [2.45, 2.75) is 53.9 Å². The van der Waals surface area contributed by atoms with Crippen LogP contribution < -0.4 is 0 Å². The van der Waals surface area contributed by atoms with Crippen LogP contribution in [0.2, 0.25) is 0 Å². The van der Waals surface area contributed by atoms with Crippen LogP contribution in [0.3, 0.4) is 0 Å². The van der Waals surface area contributed by atoms with E-state index in [1.165, 1.54) is 11.1 Å². The monoisotopic (exact) mass is 234 g/mol. The van der Waals surface area contributed by atoms with Gasteiger partial charge in [0.15, 0.2) is 0 Å². The van der Waals surface area contributed by atoms with Crippen LogP contribution in [-0.4, -0.2) is 5.78 Å². The summed E-state index contributed by atoms with van der Waals surface area (Å²) in [6, 6.07) is 0. The molecule has 0 aromatic heterocycles. The first-order valence-corrected chi connectivity index (χ1v) is 6.61. The van der Waals surface area contributed by atoms with Gasteiger partial charge in [-0.3, -0.25) is 4.79 Å². The zero-order chi connectivity index (χ0) is 13.2. The summed E-state index contributed by atoms with van der Waals surface area (Å²) in [6.07, 6.45) is 5.50. The van der Waals surface area contributed by atoms with Gasteiger partial charge in [0.05, 0.1) is 0 Å². The van der Waals surface area contributed by atoms with Crippen LogP contribution in [0, 0.1) is 17.3 Å². The maximum Gasteiger partial charge on any atom is 0.136 e. The first-order chi connectivity index (χ1) is 7.77. The molecule has 0 aliphatic heterocycles. The lowest BCUT2D eigenvalue weighted by Crippen LogP contribution is -2.37. The summed E-state index contributed by atoms with van der Waals surface area (Å²) in [4.78, 5) is 11.9. The second-order valence-corrected chi connectivity index (χ2v) is 6.07. The van der Waals surface area contributed by atoms with Gasteiger partial charge in [-0.15, -0.1) is 6.58 Å². The molecule has 0 radical (unpaired) electrons. The molecule has 0 aromatic rings. The fourth-order valence-electron chi connectivity index (χ4n) is 2.79. The van der Waals surface area contributed by atoms with Crippen LogP contribution in [-0.2, 0) is 4.79 Å². The fraction of sp³-hybridized carbons (Fsp3) is 0.688. The highest BCUT2D eigenvalue weighted by molar-refractivity contribution is 5.82. The summed E-state index contributed by atoms with van der Waals surface area (Å²) >= 11 is 0. The molecule has 0 saturated carbocycles. The first-order valence-electron chi connectivity index (χ1n) is 6.61. The zero-order valence-corrected chi connectivity index (χ0v) is 12.0. The van der Waals surface area contributed by atoms with Crippen molar-refractivity contribution >= 4 is 5.78 Å². The maximum absolute atomic E-state index is 11.9. The van der Waals surface area contributed by atoms with Gasteiger partial charge < -0.3 is 0 Å². The van der Waals surface area contributed by atoms with Crippen LogP contribution in [0.5, 0.6) is 0 Å². The highest BCUT2D eigenvalue weighted by Crippen LogP contribution is 2.44. The molecule has 1 heteroatoms. The summed E-state index contributed by atoms with van der Waals surface area (Å²) in [6.45, 7) is 14.3. The second kappa shape index (κ2) is 5.20. The minimum absolute atomic E-state index is 0.167. The van der Waals surface area contributed by atoms with Crippen molar-refractivity contribution in [1.29, 1.82) is 0 Å². The Morgan fingerprint density at radius 1 is 1.53 bits per heavy atom. The number of ketones is 1. The van der Waals surface area contributed by atoms with E-state index in [0.717, 1.165) is 19.3 Å². The molecule has 1 aliphatic rings. The number of Topliss-reactive ketones (excluding diaryl/α,β-unsaturated/α-hetero) is 1.